The molecule has 2 aromatic carbocycles. The van der Waals surface area contributed by atoms with E-state index >= 15 is 0 Å². The van der Waals surface area contributed by atoms with Gasteiger partial charge in [0.05, 0.1) is 6.26 Å². The van der Waals surface area contributed by atoms with Crippen molar-refractivity contribution < 1.29 is 9.21 Å². The van der Waals surface area contributed by atoms with Gasteiger partial charge in [-0.15, -0.1) is 0 Å². The molecular formula is C18H14O2. The van der Waals surface area contributed by atoms with Gasteiger partial charge in [-0.3, -0.25) is 4.79 Å². The van der Waals surface area contributed by atoms with Crippen LogP contribution in [0, 0.1) is 6.92 Å². The molecule has 2 heteroatoms. The first-order valence-corrected chi connectivity index (χ1v) is 6.88. The van der Waals surface area contributed by atoms with Crippen LogP contribution < -0.4 is 0 Å². The third-order valence-corrected chi connectivity index (χ3v) is 4.19. The van der Waals surface area contributed by atoms with Crippen molar-refractivity contribution in [3.8, 4) is 0 Å². The van der Waals surface area contributed by atoms with Crippen LogP contribution >= 0.6 is 0 Å². The first kappa shape index (κ1) is 11.5. The zero-order valence-corrected chi connectivity index (χ0v) is 11.3. The van der Waals surface area contributed by atoms with Crippen LogP contribution in [0.3, 0.4) is 0 Å². The first-order valence-electron chi connectivity index (χ1n) is 6.88. The Morgan fingerprint density at radius 1 is 1.05 bits per heavy atom. The predicted molar refractivity (Wildman–Crippen MR) is 78.2 cm³/mol. The number of hydrogen-bond donors (Lipinski definition) is 0. The van der Waals surface area contributed by atoms with E-state index in [1.165, 1.54) is 16.5 Å². The lowest BCUT2D eigenvalue weighted by atomic mass is 9.96. The Morgan fingerprint density at radius 2 is 1.85 bits per heavy atom. The smallest absolute Gasteiger partial charge is 0.229 e. The molecule has 1 aliphatic rings. The molecule has 0 saturated heterocycles. The molecular weight excluding hydrogens is 248 g/mol. The average molecular weight is 262 g/mol. The van der Waals surface area contributed by atoms with E-state index in [4.69, 9.17) is 4.42 Å². The van der Waals surface area contributed by atoms with Crippen molar-refractivity contribution in [2.45, 2.75) is 19.8 Å². The van der Waals surface area contributed by atoms with E-state index in [1.54, 1.807) is 6.26 Å². The third-order valence-electron chi connectivity index (χ3n) is 4.19. The van der Waals surface area contributed by atoms with E-state index in [0.29, 0.717) is 5.76 Å². The van der Waals surface area contributed by atoms with Crippen molar-refractivity contribution in [1.29, 1.82) is 0 Å². The highest BCUT2D eigenvalue weighted by Crippen LogP contribution is 2.33. The summed E-state index contributed by atoms with van der Waals surface area (Å²) < 4.78 is 5.36. The SMILES string of the molecule is Cc1ccoc1C(=O)c1ccc2c3c(cccc13)CC2. The maximum atomic E-state index is 12.7. The van der Waals surface area contributed by atoms with Crippen LogP contribution in [0.2, 0.25) is 0 Å². The lowest BCUT2D eigenvalue weighted by molar-refractivity contribution is 0.101. The van der Waals surface area contributed by atoms with Crippen molar-refractivity contribution in [3.63, 3.8) is 0 Å². The molecule has 0 atom stereocenters. The Morgan fingerprint density at radius 3 is 2.60 bits per heavy atom. The number of aryl methyl sites for hydroxylation is 3. The highest BCUT2D eigenvalue weighted by atomic mass is 16.3. The second-order valence-corrected chi connectivity index (χ2v) is 5.37. The summed E-state index contributed by atoms with van der Waals surface area (Å²) in [6.07, 6.45) is 3.72. The summed E-state index contributed by atoms with van der Waals surface area (Å²) in [6, 6.07) is 12.1. The lowest BCUT2D eigenvalue weighted by Crippen LogP contribution is -2.03. The second-order valence-electron chi connectivity index (χ2n) is 5.37. The molecule has 0 radical (unpaired) electrons. The molecule has 0 bridgehead atoms. The van der Waals surface area contributed by atoms with E-state index in [2.05, 4.69) is 12.1 Å². The van der Waals surface area contributed by atoms with E-state index < -0.39 is 0 Å². The van der Waals surface area contributed by atoms with E-state index in [1.807, 2.05) is 31.2 Å². The Labute approximate surface area is 117 Å². The molecule has 0 unspecified atom stereocenters. The molecule has 2 nitrogen and oxygen atoms in total. The highest BCUT2D eigenvalue weighted by Gasteiger charge is 2.21. The van der Waals surface area contributed by atoms with Gasteiger partial charge in [0.15, 0.2) is 5.76 Å². The van der Waals surface area contributed by atoms with Gasteiger partial charge < -0.3 is 4.42 Å². The number of hydrogen-bond acceptors (Lipinski definition) is 2. The Bertz CT molecular complexity index is 829. The highest BCUT2D eigenvalue weighted by molar-refractivity contribution is 6.16. The van der Waals surface area contributed by atoms with Crippen LogP contribution in [0.25, 0.3) is 10.8 Å². The number of carbonyl (C=O) groups is 1. The summed E-state index contributed by atoms with van der Waals surface area (Å²) in [5.74, 6) is 0.423. The minimum absolute atomic E-state index is 0.0249. The molecule has 1 aromatic heterocycles. The summed E-state index contributed by atoms with van der Waals surface area (Å²) in [5.41, 5.74) is 4.33. The molecule has 3 aromatic rings. The average Bonchev–Trinajstić information content (AvgIpc) is 3.07. The first-order chi connectivity index (χ1) is 9.75. The molecule has 0 amide bonds. The number of rotatable bonds is 2. The molecule has 1 heterocycles. The minimum atomic E-state index is -0.0249. The maximum absolute atomic E-state index is 12.7. The molecule has 20 heavy (non-hydrogen) atoms. The second kappa shape index (κ2) is 4.07. The summed E-state index contributed by atoms with van der Waals surface area (Å²) >= 11 is 0. The normalized spacial score (nSPS) is 13.1. The summed E-state index contributed by atoms with van der Waals surface area (Å²) in [4.78, 5) is 12.7. The van der Waals surface area contributed by atoms with E-state index in [9.17, 15) is 4.79 Å². The zero-order chi connectivity index (χ0) is 13.7. The molecule has 0 N–H and O–H groups in total. The summed E-state index contributed by atoms with van der Waals surface area (Å²) in [6.45, 7) is 1.90. The van der Waals surface area contributed by atoms with Crippen molar-refractivity contribution in [3.05, 3.63) is 70.7 Å². The Hall–Kier alpha value is -2.35. The number of furan rings is 1. The van der Waals surface area contributed by atoms with Gasteiger partial charge in [0.1, 0.15) is 0 Å². The fraction of sp³-hybridized carbons (Fsp3) is 0.167. The molecule has 0 aliphatic heterocycles. The quantitative estimate of drug-likeness (QED) is 0.652. The topological polar surface area (TPSA) is 30.2 Å². The number of carbonyl (C=O) groups excluding carboxylic acids is 1. The number of benzene rings is 2. The fourth-order valence-corrected chi connectivity index (χ4v) is 3.17. The zero-order valence-electron chi connectivity index (χ0n) is 11.3. The van der Waals surface area contributed by atoms with Crippen LogP contribution in [0.1, 0.15) is 32.8 Å². The van der Waals surface area contributed by atoms with Gasteiger partial charge in [0, 0.05) is 5.56 Å². The van der Waals surface area contributed by atoms with Crippen LogP contribution in [-0.2, 0) is 12.8 Å². The molecule has 0 saturated carbocycles. The standard InChI is InChI=1S/C18H14O2/c1-11-9-10-20-18(11)17(19)15-8-7-13-6-5-12-3-2-4-14(15)16(12)13/h2-4,7-10H,5-6H2,1H3. The molecule has 0 spiro atoms. The van der Waals surface area contributed by atoms with Gasteiger partial charge in [0.2, 0.25) is 5.78 Å². The Balaban J connectivity index is 1.98. The molecule has 0 fully saturated rings. The van der Waals surface area contributed by atoms with Crippen molar-refractivity contribution in [2.75, 3.05) is 0 Å². The fourth-order valence-electron chi connectivity index (χ4n) is 3.17. The van der Waals surface area contributed by atoms with Gasteiger partial charge in [-0.2, -0.15) is 0 Å². The van der Waals surface area contributed by atoms with Gasteiger partial charge >= 0.3 is 0 Å². The lowest BCUT2D eigenvalue weighted by Gasteiger charge is -2.07. The van der Waals surface area contributed by atoms with Gasteiger partial charge in [-0.1, -0.05) is 24.3 Å². The number of ketones is 1. The van der Waals surface area contributed by atoms with Crippen molar-refractivity contribution in [1.82, 2.24) is 0 Å². The van der Waals surface area contributed by atoms with Gasteiger partial charge in [-0.25, -0.2) is 0 Å². The summed E-state index contributed by atoms with van der Waals surface area (Å²) in [7, 11) is 0. The molecule has 4 rings (SSSR count). The van der Waals surface area contributed by atoms with Crippen LogP contribution in [0.15, 0.2) is 47.1 Å². The van der Waals surface area contributed by atoms with Gasteiger partial charge in [-0.05, 0) is 59.4 Å². The summed E-state index contributed by atoms with van der Waals surface area (Å²) in [5, 5.41) is 2.32. The van der Waals surface area contributed by atoms with Gasteiger partial charge in [0.25, 0.3) is 0 Å². The van der Waals surface area contributed by atoms with Crippen molar-refractivity contribution >= 4 is 16.6 Å². The maximum Gasteiger partial charge on any atom is 0.229 e. The Kier molecular flexibility index (Phi) is 2.34. The molecule has 98 valence electrons. The predicted octanol–water partition coefficient (Wildman–Crippen LogP) is 4.07. The van der Waals surface area contributed by atoms with Crippen molar-refractivity contribution in [2.24, 2.45) is 0 Å². The largest absolute Gasteiger partial charge is 0.461 e. The van der Waals surface area contributed by atoms with Crippen LogP contribution in [0.5, 0.6) is 0 Å². The monoisotopic (exact) mass is 262 g/mol. The third kappa shape index (κ3) is 1.48. The van der Waals surface area contributed by atoms with Crippen LogP contribution in [0.4, 0.5) is 0 Å². The minimum Gasteiger partial charge on any atom is -0.461 e. The van der Waals surface area contributed by atoms with E-state index in [-0.39, 0.29) is 5.78 Å². The van der Waals surface area contributed by atoms with E-state index in [0.717, 1.165) is 29.4 Å². The van der Waals surface area contributed by atoms with Crippen LogP contribution in [-0.4, -0.2) is 5.78 Å². The molecule has 1 aliphatic carbocycles.